The van der Waals surface area contributed by atoms with Gasteiger partial charge in [-0.15, -0.1) is 0 Å². The number of nitrogens with two attached hydrogens (primary N) is 1. The summed E-state index contributed by atoms with van der Waals surface area (Å²) in [4.78, 5) is 28.2. The van der Waals surface area contributed by atoms with Gasteiger partial charge in [0.1, 0.15) is 6.04 Å². The molecule has 1 atom stereocenters. The van der Waals surface area contributed by atoms with Crippen LogP contribution in [0.3, 0.4) is 0 Å². The van der Waals surface area contributed by atoms with Crippen LogP contribution in [0.15, 0.2) is 0 Å². The van der Waals surface area contributed by atoms with Crippen LogP contribution in [-0.4, -0.2) is 18.5 Å². The first-order valence-electron chi connectivity index (χ1n) is 3.64. The molecule has 5 nitrogen and oxygen atoms in total. The topological polar surface area (TPSA) is 78.6 Å². The molecular formula is C7H13NO4. The van der Waals surface area contributed by atoms with Crippen molar-refractivity contribution >= 4 is 12.4 Å². The third-order valence-electron chi connectivity index (χ3n) is 1.20. The van der Waals surface area contributed by atoms with Crippen LogP contribution in [0.4, 0.5) is 0 Å². The molecule has 0 aromatic heterocycles. The minimum absolute atomic E-state index is 0.0278. The molecule has 0 aliphatic heterocycles. The summed E-state index contributed by atoms with van der Waals surface area (Å²) in [6, 6.07) is -0.732. The average molecular weight is 175 g/mol. The third kappa shape index (κ3) is 4.68. The summed E-state index contributed by atoms with van der Waals surface area (Å²) in [5.41, 5.74) is 5.39. The normalized spacial score (nSPS) is 12.3. The van der Waals surface area contributed by atoms with Crippen molar-refractivity contribution < 1.29 is 19.4 Å². The second-order valence-electron chi connectivity index (χ2n) is 2.83. The van der Waals surface area contributed by atoms with Crippen molar-refractivity contribution in [1.82, 2.24) is 0 Å². The summed E-state index contributed by atoms with van der Waals surface area (Å²) in [6.45, 7) is 3.88. The summed E-state index contributed by atoms with van der Waals surface area (Å²) in [5.74, 6) is -0.431. The number of rotatable bonds is 5. The molecule has 0 aromatic carbocycles. The Bertz CT molecular complexity index is 157. The van der Waals surface area contributed by atoms with Gasteiger partial charge in [0.05, 0.1) is 0 Å². The van der Waals surface area contributed by atoms with Crippen molar-refractivity contribution in [2.75, 3.05) is 0 Å². The van der Waals surface area contributed by atoms with Crippen LogP contribution < -0.4 is 5.73 Å². The molecule has 12 heavy (non-hydrogen) atoms. The van der Waals surface area contributed by atoms with Gasteiger partial charge in [-0.2, -0.15) is 0 Å². The van der Waals surface area contributed by atoms with Crippen molar-refractivity contribution in [3.8, 4) is 0 Å². The van der Waals surface area contributed by atoms with Crippen molar-refractivity contribution in [2.45, 2.75) is 26.3 Å². The van der Waals surface area contributed by atoms with Crippen LogP contribution >= 0.6 is 0 Å². The van der Waals surface area contributed by atoms with Gasteiger partial charge in [0.2, 0.25) is 0 Å². The summed E-state index contributed by atoms with van der Waals surface area (Å²) in [5, 5.41) is 0. The fourth-order valence-electron chi connectivity index (χ4n) is 0.733. The molecule has 5 heteroatoms. The lowest BCUT2D eigenvalue weighted by molar-refractivity contribution is -0.249. The molecule has 0 radical (unpaired) electrons. The van der Waals surface area contributed by atoms with E-state index in [1.165, 1.54) is 0 Å². The fraction of sp³-hybridized carbons (Fsp3) is 0.714. The first kappa shape index (κ1) is 10.9. The van der Waals surface area contributed by atoms with E-state index in [1.807, 2.05) is 13.8 Å². The molecule has 0 aliphatic rings. The van der Waals surface area contributed by atoms with Crippen LogP contribution in [-0.2, 0) is 19.4 Å². The zero-order chi connectivity index (χ0) is 9.56. The van der Waals surface area contributed by atoms with E-state index in [-0.39, 0.29) is 6.47 Å². The molecule has 0 heterocycles. The third-order valence-corrected chi connectivity index (χ3v) is 1.20. The van der Waals surface area contributed by atoms with E-state index in [9.17, 15) is 9.59 Å². The van der Waals surface area contributed by atoms with Gasteiger partial charge < -0.3 is 5.73 Å². The zero-order valence-corrected chi connectivity index (χ0v) is 7.15. The molecule has 70 valence electrons. The van der Waals surface area contributed by atoms with Gasteiger partial charge in [-0.25, -0.2) is 9.68 Å². The maximum absolute atomic E-state index is 10.8. The predicted molar refractivity (Wildman–Crippen MR) is 40.7 cm³/mol. The minimum Gasteiger partial charge on any atom is -0.318 e. The van der Waals surface area contributed by atoms with Crippen LogP contribution in [0.5, 0.6) is 0 Å². The highest BCUT2D eigenvalue weighted by Crippen LogP contribution is 2.03. The van der Waals surface area contributed by atoms with Gasteiger partial charge in [-0.1, -0.05) is 13.8 Å². The lowest BCUT2D eigenvalue weighted by Crippen LogP contribution is -2.33. The standard InChI is InChI=1S/C7H13NO4/c1-5(2)3-6(8)7(10)12-11-4-9/h4-6H,3,8H2,1-2H3. The Morgan fingerprint density at radius 1 is 1.58 bits per heavy atom. The summed E-state index contributed by atoms with van der Waals surface area (Å²) >= 11 is 0. The first-order valence-corrected chi connectivity index (χ1v) is 3.64. The maximum atomic E-state index is 10.8. The van der Waals surface area contributed by atoms with Crippen molar-refractivity contribution in [3.05, 3.63) is 0 Å². The molecule has 0 saturated heterocycles. The van der Waals surface area contributed by atoms with Gasteiger partial charge >= 0.3 is 12.4 Å². The molecule has 0 aliphatic carbocycles. The maximum Gasteiger partial charge on any atom is 0.372 e. The van der Waals surface area contributed by atoms with Crippen LogP contribution in [0.2, 0.25) is 0 Å². The molecule has 2 N–H and O–H groups in total. The Balaban J connectivity index is 3.68. The van der Waals surface area contributed by atoms with Crippen molar-refractivity contribution in [3.63, 3.8) is 0 Å². The van der Waals surface area contributed by atoms with Gasteiger partial charge in [0, 0.05) is 0 Å². The summed E-state index contributed by atoms with van der Waals surface area (Å²) in [7, 11) is 0. The van der Waals surface area contributed by atoms with E-state index >= 15 is 0 Å². The van der Waals surface area contributed by atoms with E-state index in [2.05, 4.69) is 9.78 Å². The number of hydrogen-bond donors (Lipinski definition) is 1. The molecule has 0 saturated carbocycles. The van der Waals surface area contributed by atoms with Crippen LogP contribution in [0, 0.1) is 5.92 Å². The zero-order valence-electron chi connectivity index (χ0n) is 7.15. The quantitative estimate of drug-likeness (QED) is 0.361. The minimum atomic E-state index is -0.732. The Kier molecular flexibility index (Phi) is 5.03. The van der Waals surface area contributed by atoms with E-state index < -0.39 is 12.0 Å². The van der Waals surface area contributed by atoms with Gasteiger partial charge in [0.25, 0.3) is 0 Å². The number of carbonyl (C=O) groups is 2. The average Bonchev–Trinajstić information content (AvgIpc) is 1.98. The SMILES string of the molecule is CC(C)CC(N)C(=O)OOC=O. The smallest absolute Gasteiger partial charge is 0.318 e. The Morgan fingerprint density at radius 3 is 2.58 bits per heavy atom. The first-order chi connectivity index (χ1) is 5.57. The van der Waals surface area contributed by atoms with E-state index in [0.717, 1.165) is 0 Å². The van der Waals surface area contributed by atoms with Crippen molar-refractivity contribution in [1.29, 1.82) is 0 Å². The predicted octanol–water partition coefficient (Wildman–Crippen LogP) is -0.00900. The Morgan fingerprint density at radius 2 is 2.17 bits per heavy atom. The monoisotopic (exact) mass is 175 g/mol. The molecule has 0 aromatic rings. The second kappa shape index (κ2) is 5.54. The lowest BCUT2D eigenvalue weighted by atomic mass is 10.1. The lowest BCUT2D eigenvalue weighted by Gasteiger charge is -2.10. The summed E-state index contributed by atoms with van der Waals surface area (Å²) in [6.07, 6.45) is 0.501. The van der Waals surface area contributed by atoms with Crippen LogP contribution in [0.1, 0.15) is 20.3 Å². The molecule has 0 bridgehead atoms. The highest BCUT2D eigenvalue weighted by atomic mass is 17.2. The van der Waals surface area contributed by atoms with E-state index in [1.54, 1.807) is 0 Å². The van der Waals surface area contributed by atoms with Crippen LogP contribution in [0.25, 0.3) is 0 Å². The number of hydrogen-bond acceptors (Lipinski definition) is 5. The Hall–Kier alpha value is -1.10. The molecule has 0 amide bonds. The number of carbonyl (C=O) groups excluding carboxylic acids is 2. The molecule has 0 fully saturated rings. The van der Waals surface area contributed by atoms with E-state index in [4.69, 9.17) is 5.73 Å². The largest absolute Gasteiger partial charge is 0.372 e. The second-order valence-corrected chi connectivity index (χ2v) is 2.83. The van der Waals surface area contributed by atoms with E-state index in [0.29, 0.717) is 12.3 Å². The Labute approximate surface area is 70.7 Å². The van der Waals surface area contributed by atoms with Gasteiger partial charge in [0.15, 0.2) is 0 Å². The fourth-order valence-corrected chi connectivity index (χ4v) is 0.733. The summed E-state index contributed by atoms with van der Waals surface area (Å²) < 4.78 is 0. The molecule has 1 unspecified atom stereocenters. The molecular weight excluding hydrogens is 162 g/mol. The molecule has 0 spiro atoms. The highest BCUT2D eigenvalue weighted by molar-refractivity contribution is 5.75. The highest BCUT2D eigenvalue weighted by Gasteiger charge is 2.17. The van der Waals surface area contributed by atoms with Crippen molar-refractivity contribution in [2.24, 2.45) is 11.7 Å². The van der Waals surface area contributed by atoms with Gasteiger partial charge in [-0.3, -0.25) is 9.68 Å². The van der Waals surface area contributed by atoms with Gasteiger partial charge in [-0.05, 0) is 12.3 Å². The molecule has 0 rings (SSSR count).